The number of H-pyrrole nitrogens is 1. The van der Waals surface area contributed by atoms with E-state index in [1.165, 1.54) is 6.07 Å². The van der Waals surface area contributed by atoms with Crippen LogP contribution in [0.5, 0.6) is 5.06 Å². The molecule has 9 heteroatoms. The molecule has 0 amide bonds. The van der Waals surface area contributed by atoms with Gasteiger partial charge in [0.25, 0.3) is 10.0 Å². The third kappa shape index (κ3) is 3.82. The summed E-state index contributed by atoms with van der Waals surface area (Å²) in [4.78, 5) is 15.0. The average molecular weight is 428 g/mol. The van der Waals surface area contributed by atoms with Crippen molar-refractivity contribution in [1.82, 2.24) is 4.98 Å². The smallest absolute Gasteiger partial charge is 0.449 e. The van der Waals surface area contributed by atoms with Gasteiger partial charge < -0.3 is 14.8 Å². The molecule has 4 rings (SSSR count). The lowest BCUT2D eigenvalue weighted by atomic mass is 10.1. The fraction of sp³-hybridized carbons (Fsp3) is 0.0500. The topological polar surface area (TPSA) is 108 Å². The van der Waals surface area contributed by atoms with E-state index in [9.17, 15) is 13.2 Å². The van der Waals surface area contributed by atoms with Crippen LogP contribution in [0.15, 0.2) is 65.7 Å². The highest BCUT2D eigenvalue weighted by molar-refractivity contribution is 7.92. The van der Waals surface area contributed by atoms with Crippen LogP contribution in [0.4, 0.5) is 10.5 Å². The molecule has 2 heterocycles. The van der Waals surface area contributed by atoms with E-state index < -0.39 is 16.2 Å². The summed E-state index contributed by atoms with van der Waals surface area (Å²) in [7, 11) is -3.92. The molecule has 2 aromatic carbocycles. The van der Waals surface area contributed by atoms with Crippen LogP contribution in [0.25, 0.3) is 21.3 Å². The molecule has 0 bridgehead atoms. The van der Waals surface area contributed by atoms with Gasteiger partial charge in [0.15, 0.2) is 0 Å². The van der Waals surface area contributed by atoms with E-state index in [0.29, 0.717) is 10.4 Å². The molecule has 0 saturated heterocycles. The molecule has 0 aliphatic rings. The number of carbonyl (C=O) groups is 1. The summed E-state index contributed by atoms with van der Waals surface area (Å²) >= 11 is 1.05. The Morgan fingerprint density at radius 2 is 1.93 bits per heavy atom. The van der Waals surface area contributed by atoms with Crippen molar-refractivity contribution in [3.63, 3.8) is 0 Å². The zero-order valence-corrected chi connectivity index (χ0v) is 16.8. The Morgan fingerprint density at radius 3 is 2.69 bits per heavy atom. The first kappa shape index (κ1) is 19.0. The van der Waals surface area contributed by atoms with Gasteiger partial charge >= 0.3 is 6.16 Å². The van der Waals surface area contributed by atoms with Crippen molar-refractivity contribution in [3.05, 3.63) is 66.4 Å². The van der Waals surface area contributed by atoms with Crippen molar-refractivity contribution in [1.29, 1.82) is 0 Å². The number of ether oxygens (including phenoxy) is 1. The van der Waals surface area contributed by atoms with E-state index in [4.69, 9.17) is 9.84 Å². The summed E-state index contributed by atoms with van der Waals surface area (Å²) in [5.74, 6) is 0. The molecule has 0 saturated carbocycles. The molecule has 29 heavy (non-hydrogen) atoms. The van der Waals surface area contributed by atoms with E-state index in [1.807, 2.05) is 30.5 Å². The monoisotopic (exact) mass is 428 g/mol. The number of anilines is 1. The number of sulfonamides is 1. The van der Waals surface area contributed by atoms with Crippen molar-refractivity contribution in [2.75, 3.05) is 4.72 Å². The van der Waals surface area contributed by atoms with Crippen molar-refractivity contribution in [2.24, 2.45) is 0 Å². The van der Waals surface area contributed by atoms with Gasteiger partial charge in [0.2, 0.25) is 5.06 Å². The number of nitrogens with one attached hydrogen (secondary N) is 2. The van der Waals surface area contributed by atoms with Gasteiger partial charge in [-0.2, -0.15) is 0 Å². The molecule has 2 aromatic heterocycles. The van der Waals surface area contributed by atoms with Crippen molar-refractivity contribution in [3.8, 4) is 15.5 Å². The number of aromatic nitrogens is 1. The third-order valence-corrected chi connectivity index (χ3v) is 6.93. The summed E-state index contributed by atoms with van der Waals surface area (Å²) in [6.07, 6.45) is 0.305. The summed E-state index contributed by atoms with van der Waals surface area (Å²) in [6, 6.07) is 15.7. The molecule has 0 aliphatic carbocycles. The highest BCUT2D eigenvalue weighted by Crippen LogP contribution is 2.42. The normalized spacial score (nSPS) is 11.5. The van der Waals surface area contributed by atoms with E-state index in [-0.39, 0.29) is 15.6 Å². The highest BCUT2D eigenvalue weighted by atomic mass is 32.2. The van der Waals surface area contributed by atoms with Gasteiger partial charge in [-0.05, 0) is 53.8 Å². The molecule has 3 N–H and O–H groups in total. The van der Waals surface area contributed by atoms with Crippen LogP contribution >= 0.6 is 11.3 Å². The number of aromatic amines is 1. The largest absolute Gasteiger partial charge is 0.512 e. The molecule has 0 radical (unpaired) electrons. The van der Waals surface area contributed by atoms with Gasteiger partial charge in [-0.3, -0.25) is 4.72 Å². The standard InChI is InChI=1S/C20H16N2O5S2/c1-12-4-2-3-5-18(12)29(25,26)22-16-11-17(28-19(16)27-20(23)24)14-6-7-15-13(10-14)8-9-21-15/h2-11,21-22H,1H3,(H,23,24). The molecular formula is C20H16N2O5S2. The lowest BCUT2D eigenvalue weighted by Crippen LogP contribution is -2.15. The SMILES string of the molecule is Cc1ccccc1S(=O)(=O)Nc1cc(-c2ccc3[nH]ccc3c2)sc1OC(=O)O. The minimum atomic E-state index is -3.92. The van der Waals surface area contributed by atoms with Crippen molar-refractivity contribution >= 4 is 44.1 Å². The van der Waals surface area contributed by atoms with Gasteiger partial charge in [-0.15, -0.1) is 0 Å². The maximum Gasteiger partial charge on any atom is 0.512 e. The zero-order valence-electron chi connectivity index (χ0n) is 15.2. The Hall–Kier alpha value is -3.30. The fourth-order valence-corrected chi connectivity index (χ4v) is 5.33. The van der Waals surface area contributed by atoms with Crippen LogP contribution in [-0.2, 0) is 10.0 Å². The van der Waals surface area contributed by atoms with E-state index in [0.717, 1.165) is 27.8 Å². The van der Waals surface area contributed by atoms with Gasteiger partial charge in [-0.1, -0.05) is 35.6 Å². The molecule has 0 spiro atoms. The first-order valence-corrected chi connectivity index (χ1v) is 10.8. The number of rotatable bonds is 5. The quantitative estimate of drug-likeness (QED) is 0.385. The number of aryl methyl sites for hydroxylation is 1. The van der Waals surface area contributed by atoms with E-state index in [1.54, 1.807) is 31.2 Å². The molecule has 0 fully saturated rings. The second kappa shape index (κ2) is 7.26. The summed E-state index contributed by atoms with van der Waals surface area (Å²) < 4.78 is 33.0. The van der Waals surface area contributed by atoms with Gasteiger partial charge in [0.05, 0.1) is 4.90 Å². The molecular weight excluding hydrogens is 412 g/mol. The van der Waals surface area contributed by atoms with Crippen LogP contribution in [0, 0.1) is 6.92 Å². The van der Waals surface area contributed by atoms with Crippen LogP contribution < -0.4 is 9.46 Å². The molecule has 0 aliphatic heterocycles. The number of hydrogen-bond acceptors (Lipinski definition) is 5. The van der Waals surface area contributed by atoms with E-state index >= 15 is 0 Å². The summed E-state index contributed by atoms with van der Waals surface area (Å²) in [5.41, 5.74) is 2.44. The average Bonchev–Trinajstić information content (AvgIpc) is 3.27. The van der Waals surface area contributed by atoms with Crippen LogP contribution in [0.3, 0.4) is 0 Å². The number of carboxylic acid groups (broad SMARTS) is 1. The lowest BCUT2D eigenvalue weighted by molar-refractivity contribution is 0.146. The Morgan fingerprint density at radius 1 is 1.14 bits per heavy atom. The second-order valence-corrected chi connectivity index (χ2v) is 9.00. The summed E-state index contributed by atoms with van der Waals surface area (Å²) in [6.45, 7) is 1.69. The fourth-order valence-electron chi connectivity index (χ4n) is 3.01. The van der Waals surface area contributed by atoms with Crippen molar-refractivity contribution < 1.29 is 23.1 Å². The van der Waals surface area contributed by atoms with Gasteiger partial charge in [-0.25, -0.2) is 13.2 Å². The summed E-state index contributed by atoms with van der Waals surface area (Å²) in [5, 5.41) is 9.99. The Balaban J connectivity index is 1.76. The number of fused-ring (bicyclic) bond motifs is 1. The Bertz CT molecular complexity index is 1320. The van der Waals surface area contributed by atoms with Crippen LogP contribution in [0.2, 0.25) is 0 Å². The Kier molecular flexibility index (Phi) is 4.77. The minimum Gasteiger partial charge on any atom is -0.449 e. The van der Waals surface area contributed by atoms with E-state index in [2.05, 4.69) is 9.71 Å². The van der Waals surface area contributed by atoms with Crippen LogP contribution in [-0.4, -0.2) is 24.7 Å². The molecule has 148 valence electrons. The first-order chi connectivity index (χ1) is 13.8. The maximum atomic E-state index is 12.8. The van der Waals surface area contributed by atoms with Crippen LogP contribution in [0.1, 0.15) is 5.56 Å². The second-order valence-electron chi connectivity index (χ2n) is 6.33. The van der Waals surface area contributed by atoms with Gasteiger partial charge in [0, 0.05) is 16.6 Å². The maximum absolute atomic E-state index is 12.8. The van der Waals surface area contributed by atoms with Gasteiger partial charge in [0.1, 0.15) is 5.69 Å². The zero-order chi connectivity index (χ0) is 20.6. The number of thiophene rings is 1. The Labute approximate surface area is 170 Å². The third-order valence-electron chi connectivity index (χ3n) is 4.34. The molecule has 0 unspecified atom stereocenters. The lowest BCUT2D eigenvalue weighted by Gasteiger charge is -2.10. The predicted molar refractivity (Wildman–Crippen MR) is 112 cm³/mol. The van der Waals surface area contributed by atoms with Crippen molar-refractivity contribution in [2.45, 2.75) is 11.8 Å². The molecule has 0 atom stereocenters. The number of benzene rings is 2. The molecule has 7 nitrogen and oxygen atoms in total. The molecule has 4 aromatic rings. The minimum absolute atomic E-state index is 0.0428. The number of hydrogen-bond donors (Lipinski definition) is 3. The predicted octanol–water partition coefficient (Wildman–Crippen LogP) is 5.06. The highest BCUT2D eigenvalue weighted by Gasteiger charge is 2.22. The first-order valence-electron chi connectivity index (χ1n) is 8.54.